The molecule has 1 aliphatic rings. The molecule has 4 heteroatoms. The third-order valence-electron chi connectivity index (χ3n) is 3.62. The first-order valence-corrected chi connectivity index (χ1v) is 6.96. The zero-order valence-corrected chi connectivity index (χ0v) is 11.2. The summed E-state index contributed by atoms with van der Waals surface area (Å²) in [6.07, 6.45) is 7.74. The third kappa shape index (κ3) is 4.60. The Hall–Kier alpha value is -1.17. The highest BCUT2D eigenvalue weighted by Gasteiger charge is 2.38. The molecule has 0 radical (unpaired) electrons. The van der Waals surface area contributed by atoms with Gasteiger partial charge in [-0.1, -0.05) is 24.4 Å². The fourth-order valence-corrected chi connectivity index (χ4v) is 2.54. The maximum Gasteiger partial charge on any atom is 0.128 e. The van der Waals surface area contributed by atoms with Crippen molar-refractivity contribution in [1.29, 1.82) is 0 Å². The van der Waals surface area contributed by atoms with E-state index in [9.17, 15) is 5.11 Å². The van der Waals surface area contributed by atoms with Gasteiger partial charge in [0.2, 0.25) is 0 Å². The molecule has 1 rings (SSSR count). The predicted octanol–water partition coefficient (Wildman–Crippen LogP) is 3.80. The average molecular weight is 249 g/mol. The number of aliphatic hydroxyl groups is 1. The topological polar surface area (TPSA) is 69.0 Å². The van der Waals surface area contributed by atoms with Gasteiger partial charge in [0, 0.05) is 17.9 Å². The molecule has 0 unspecified atom stereocenters. The fraction of sp³-hybridized carbons (Fsp3) is 0.857. The van der Waals surface area contributed by atoms with Gasteiger partial charge < -0.3 is 5.11 Å². The largest absolute Gasteiger partial charge is 0.377 e. The van der Waals surface area contributed by atoms with Crippen LogP contribution in [0, 0.1) is 17.8 Å². The highest BCUT2D eigenvalue weighted by Crippen LogP contribution is 2.38. The van der Waals surface area contributed by atoms with E-state index in [1.807, 2.05) is 0 Å². The second-order valence-corrected chi connectivity index (χ2v) is 5.02. The molecule has 18 heavy (non-hydrogen) atoms. The number of hydrogen-bond donors (Lipinski definition) is 1. The molecule has 1 saturated carbocycles. The van der Waals surface area contributed by atoms with Crippen molar-refractivity contribution in [3.8, 4) is 11.8 Å². The molecule has 0 bridgehead atoms. The van der Waals surface area contributed by atoms with Crippen LogP contribution in [0.1, 0.15) is 58.3 Å². The van der Waals surface area contributed by atoms with Crippen molar-refractivity contribution in [1.82, 2.24) is 0 Å². The molecule has 0 saturated heterocycles. The first-order chi connectivity index (χ1) is 8.73. The second kappa shape index (κ2) is 8.02. The van der Waals surface area contributed by atoms with Crippen LogP contribution in [0.4, 0.5) is 0 Å². The van der Waals surface area contributed by atoms with Crippen LogP contribution in [-0.4, -0.2) is 17.3 Å². The van der Waals surface area contributed by atoms with Crippen molar-refractivity contribution in [2.24, 2.45) is 11.0 Å². The Morgan fingerprint density at radius 2 is 2.33 bits per heavy atom. The van der Waals surface area contributed by atoms with E-state index in [1.54, 1.807) is 0 Å². The van der Waals surface area contributed by atoms with Crippen molar-refractivity contribution in [3.05, 3.63) is 10.4 Å². The van der Waals surface area contributed by atoms with Crippen LogP contribution >= 0.6 is 0 Å². The SMILES string of the molecule is CCCCC#C[C@]1(O)CCC[C@H]1CCCN=[N+]=[N-]. The normalized spacial score (nSPS) is 26.2. The maximum absolute atomic E-state index is 10.5. The highest BCUT2D eigenvalue weighted by atomic mass is 16.3. The zero-order chi connectivity index (χ0) is 13.3. The Labute approximate surface area is 109 Å². The summed E-state index contributed by atoms with van der Waals surface area (Å²) >= 11 is 0. The van der Waals surface area contributed by atoms with Crippen LogP contribution in [-0.2, 0) is 0 Å². The van der Waals surface area contributed by atoms with Gasteiger partial charge in [-0.15, -0.1) is 5.92 Å². The fourth-order valence-electron chi connectivity index (χ4n) is 2.54. The molecular formula is C14H23N3O. The minimum atomic E-state index is -0.788. The second-order valence-electron chi connectivity index (χ2n) is 5.02. The highest BCUT2D eigenvalue weighted by molar-refractivity contribution is 5.18. The van der Waals surface area contributed by atoms with E-state index in [4.69, 9.17) is 5.53 Å². The summed E-state index contributed by atoms with van der Waals surface area (Å²) in [6, 6.07) is 0. The van der Waals surface area contributed by atoms with Crippen molar-refractivity contribution in [3.63, 3.8) is 0 Å². The van der Waals surface area contributed by atoms with Gasteiger partial charge in [-0.3, -0.25) is 0 Å². The molecule has 0 heterocycles. The standard InChI is InChI=1S/C14H23N3O/c1-2-3-4-5-10-14(18)11-6-8-13(14)9-7-12-16-17-15/h13,18H,2-4,6-9,11-12H2,1H3/t13-,14-/m0/s1. The lowest BCUT2D eigenvalue weighted by molar-refractivity contribution is 0.0565. The predicted molar refractivity (Wildman–Crippen MR) is 72.8 cm³/mol. The molecule has 0 aromatic carbocycles. The van der Waals surface area contributed by atoms with E-state index >= 15 is 0 Å². The van der Waals surface area contributed by atoms with Gasteiger partial charge >= 0.3 is 0 Å². The zero-order valence-electron chi connectivity index (χ0n) is 11.2. The summed E-state index contributed by atoms with van der Waals surface area (Å²) in [5.41, 5.74) is 7.43. The smallest absolute Gasteiger partial charge is 0.128 e. The van der Waals surface area contributed by atoms with Gasteiger partial charge in [-0.05, 0) is 50.0 Å². The van der Waals surface area contributed by atoms with Gasteiger partial charge in [0.25, 0.3) is 0 Å². The number of unbranched alkanes of at least 4 members (excludes halogenated alkanes) is 2. The lowest BCUT2D eigenvalue weighted by Crippen LogP contribution is -2.31. The van der Waals surface area contributed by atoms with Crippen LogP contribution < -0.4 is 0 Å². The van der Waals surface area contributed by atoms with Gasteiger partial charge in [0.15, 0.2) is 0 Å². The van der Waals surface area contributed by atoms with Gasteiger partial charge in [0.1, 0.15) is 5.60 Å². The van der Waals surface area contributed by atoms with Crippen LogP contribution in [0.3, 0.4) is 0 Å². The van der Waals surface area contributed by atoms with Crippen molar-refractivity contribution >= 4 is 0 Å². The van der Waals surface area contributed by atoms with Crippen molar-refractivity contribution in [2.75, 3.05) is 6.54 Å². The van der Waals surface area contributed by atoms with E-state index in [0.717, 1.165) is 51.4 Å². The number of hydrogen-bond acceptors (Lipinski definition) is 2. The lowest BCUT2D eigenvalue weighted by Gasteiger charge is -2.24. The minimum absolute atomic E-state index is 0.250. The molecule has 0 spiro atoms. The Morgan fingerprint density at radius 1 is 1.50 bits per heavy atom. The Bertz CT molecular complexity index is 352. The van der Waals surface area contributed by atoms with Gasteiger partial charge in [-0.25, -0.2) is 0 Å². The summed E-state index contributed by atoms with van der Waals surface area (Å²) in [4.78, 5) is 2.74. The molecule has 2 atom stereocenters. The lowest BCUT2D eigenvalue weighted by atomic mass is 9.87. The van der Waals surface area contributed by atoms with Crippen LogP contribution in [0.25, 0.3) is 10.4 Å². The van der Waals surface area contributed by atoms with Crippen LogP contribution in [0.15, 0.2) is 5.11 Å². The summed E-state index contributed by atoms with van der Waals surface area (Å²) in [5, 5.41) is 14.1. The first-order valence-electron chi connectivity index (χ1n) is 6.96. The van der Waals surface area contributed by atoms with Crippen molar-refractivity contribution in [2.45, 2.75) is 63.9 Å². The third-order valence-corrected chi connectivity index (χ3v) is 3.62. The summed E-state index contributed by atoms with van der Waals surface area (Å²) in [6.45, 7) is 2.66. The molecule has 100 valence electrons. The molecule has 0 aromatic heterocycles. The molecular weight excluding hydrogens is 226 g/mol. The van der Waals surface area contributed by atoms with Gasteiger partial charge in [-0.2, -0.15) is 0 Å². The maximum atomic E-state index is 10.5. The minimum Gasteiger partial charge on any atom is -0.377 e. The molecule has 1 aliphatic carbocycles. The summed E-state index contributed by atoms with van der Waals surface area (Å²) in [7, 11) is 0. The number of azide groups is 1. The Morgan fingerprint density at radius 3 is 3.06 bits per heavy atom. The van der Waals surface area contributed by atoms with E-state index in [0.29, 0.717) is 6.54 Å². The Kier molecular flexibility index (Phi) is 6.64. The summed E-state index contributed by atoms with van der Waals surface area (Å²) < 4.78 is 0. The average Bonchev–Trinajstić information content (AvgIpc) is 2.73. The van der Waals surface area contributed by atoms with E-state index in [1.165, 1.54) is 0 Å². The van der Waals surface area contributed by atoms with Gasteiger partial charge in [0.05, 0.1) is 0 Å². The molecule has 0 aliphatic heterocycles. The van der Waals surface area contributed by atoms with Crippen LogP contribution in [0.5, 0.6) is 0 Å². The van der Waals surface area contributed by atoms with E-state index in [2.05, 4.69) is 28.8 Å². The van der Waals surface area contributed by atoms with E-state index < -0.39 is 5.60 Å². The molecule has 0 aromatic rings. The molecule has 1 fully saturated rings. The quantitative estimate of drug-likeness (QED) is 0.251. The van der Waals surface area contributed by atoms with Crippen molar-refractivity contribution < 1.29 is 5.11 Å². The molecule has 4 nitrogen and oxygen atoms in total. The molecule has 0 amide bonds. The first kappa shape index (κ1) is 14.9. The summed E-state index contributed by atoms with van der Waals surface area (Å²) in [5.74, 6) is 6.45. The Balaban J connectivity index is 2.44. The monoisotopic (exact) mass is 249 g/mol. The molecule has 1 N–H and O–H groups in total. The number of nitrogens with zero attached hydrogens (tertiary/aromatic N) is 3. The van der Waals surface area contributed by atoms with E-state index in [-0.39, 0.29) is 5.92 Å². The van der Waals surface area contributed by atoms with Crippen LogP contribution in [0.2, 0.25) is 0 Å². The number of rotatable bonds is 6.